The summed E-state index contributed by atoms with van der Waals surface area (Å²) in [5, 5.41) is 0. The van der Waals surface area contributed by atoms with E-state index in [1.807, 2.05) is 19.1 Å². The van der Waals surface area contributed by atoms with Gasteiger partial charge in [0.25, 0.3) is 5.91 Å². The Hall–Kier alpha value is -3.20. The van der Waals surface area contributed by atoms with E-state index in [1.54, 1.807) is 29.2 Å². The van der Waals surface area contributed by atoms with Crippen LogP contribution in [-0.4, -0.2) is 62.5 Å². The molecule has 0 bridgehead atoms. The van der Waals surface area contributed by atoms with Gasteiger partial charge in [-0.2, -0.15) is 8.42 Å². The van der Waals surface area contributed by atoms with E-state index in [0.29, 0.717) is 31.7 Å². The van der Waals surface area contributed by atoms with Crippen molar-refractivity contribution in [3.8, 4) is 0 Å². The Balaban J connectivity index is 1.53. The zero-order chi connectivity index (χ0) is 22.2. The summed E-state index contributed by atoms with van der Waals surface area (Å²) >= 11 is 0. The molecule has 2 aliphatic heterocycles. The number of allylic oxidation sites excluding steroid dienone is 1. The monoisotopic (exact) mass is 442 g/mol. The van der Waals surface area contributed by atoms with Crippen LogP contribution in [0, 0.1) is 12.7 Å². The molecule has 1 fully saturated rings. The fourth-order valence-corrected chi connectivity index (χ4v) is 4.50. The lowest BCUT2D eigenvalue weighted by Gasteiger charge is -2.37. The van der Waals surface area contributed by atoms with E-state index in [1.165, 1.54) is 25.3 Å². The summed E-state index contributed by atoms with van der Waals surface area (Å²) in [6, 6.07) is 13.5. The van der Waals surface area contributed by atoms with Crippen LogP contribution in [0.15, 0.2) is 64.7 Å². The average Bonchev–Trinajstić information content (AvgIpc) is 2.76. The van der Waals surface area contributed by atoms with Crippen LogP contribution in [-0.2, 0) is 15.0 Å². The van der Waals surface area contributed by atoms with E-state index in [-0.39, 0.29) is 23.1 Å². The van der Waals surface area contributed by atoms with Gasteiger partial charge in [0.15, 0.2) is 0 Å². The van der Waals surface area contributed by atoms with Gasteiger partial charge in [-0.3, -0.25) is 4.79 Å². The molecule has 0 aliphatic carbocycles. The molecule has 4 rings (SSSR count). The van der Waals surface area contributed by atoms with E-state index in [2.05, 4.69) is 9.30 Å². The van der Waals surface area contributed by atoms with Crippen LogP contribution >= 0.6 is 0 Å². The normalized spacial score (nSPS) is 18.5. The first-order chi connectivity index (χ1) is 14.7. The summed E-state index contributed by atoms with van der Waals surface area (Å²) in [7, 11) is -2.66. The Labute approximate surface area is 181 Å². The number of aryl methyl sites for hydroxylation is 1. The molecule has 0 saturated carbocycles. The summed E-state index contributed by atoms with van der Waals surface area (Å²) in [5.74, 6) is -0.651. The summed E-state index contributed by atoms with van der Waals surface area (Å²) in [6.45, 7) is 3.93. The number of nitrogens with zero attached hydrogens (tertiary/aromatic N) is 4. The number of carbonyl (C=O) groups excluding carboxylic acids is 1. The minimum Gasteiger partial charge on any atom is -0.368 e. The predicted octanol–water partition coefficient (Wildman–Crippen LogP) is 2.35. The predicted molar refractivity (Wildman–Crippen MR) is 118 cm³/mol. The number of amides is 1. The third kappa shape index (κ3) is 4.32. The topological polar surface area (TPSA) is 73.3 Å². The minimum absolute atomic E-state index is 0.0702. The van der Waals surface area contributed by atoms with E-state index in [9.17, 15) is 17.6 Å². The second-order valence-corrected chi connectivity index (χ2v) is 9.20. The molecule has 0 atom stereocenters. The number of likely N-dealkylation sites (N-methyl/N-ethyl adjacent to an activating group) is 1. The second-order valence-electron chi connectivity index (χ2n) is 7.57. The Bertz CT molecular complexity index is 1150. The highest BCUT2D eigenvalue weighted by Crippen LogP contribution is 2.23. The van der Waals surface area contributed by atoms with Crippen molar-refractivity contribution < 1.29 is 17.6 Å². The fraction of sp³-hybridized carbons (Fsp3) is 0.273. The molecule has 2 aromatic carbocycles. The van der Waals surface area contributed by atoms with Gasteiger partial charge < -0.3 is 9.80 Å². The maximum absolute atomic E-state index is 13.2. The highest BCUT2D eigenvalue weighted by molar-refractivity contribution is 7.88. The molecule has 2 heterocycles. The Kier molecular flexibility index (Phi) is 5.53. The van der Waals surface area contributed by atoms with Gasteiger partial charge in [-0.15, -0.1) is 4.40 Å². The third-order valence-corrected chi connectivity index (χ3v) is 6.81. The van der Waals surface area contributed by atoms with Crippen LogP contribution in [0.4, 0.5) is 10.1 Å². The molecule has 7 nitrogen and oxygen atoms in total. The molecule has 0 radical (unpaired) electrons. The number of anilines is 1. The molecular weight excluding hydrogens is 419 g/mol. The van der Waals surface area contributed by atoms with Gasteiger partial charge in [0, 0.05) is 44.5 Å². The Morgan fingerprint density at radius 3 is 2.19 bits per heavy atom. The zero-order valence-electron chi connectivity index (χ0n) is 17.3. The molecule has 0 spiro atoms. The highest BCUT2D eigenvalue weighted by atomic mass is 32.2. The number of rotatable bonds is 3. The summed E-state index contributed by atoms with van der Waals surface area (Å²) < 4.78 is 43.1. The van der Waals surface area contributed by atoms with Crippen molar-refractivity contribution in [1.29, 1.82) is 0 Å². The standard InChI is InChI=1S/C22H23FN4O3S/c1-16-3-5-17(6-4-16)20-15-21(25(2)31(29,30)24-20)22(28)27-13-11-26(12-14-27)19-9-7-18(23)8-10-19/h3-10,15H,11-14H2,1-2H3. The molecule has 2 aromatic rings. The first-order valence-corrected chi connectivity index (χ1v) is 11.3. The van der Waals surface area contributed by atoms with Crippen molar-refractivity contribution in [2.24, 2.45) is 4.40 Å². The van der Waals surface area contributed by atoms with Crippen LogP contribution in [0.2, 0.25) is 0 Å². The summed E-state index contributed by atoms with van der Waals surface area (Å²) in [5.41, 5.74) is 2.87. The van der Waals surface area contributed by atoms with Gasteiger partial charge in [-0.25, -0.2) is 8.70 Å². The van der Waals surface area contributed by atoms with Crippen molar-refractivity contribution in [2.75, 3.05) is 38.1 Å². The molecule has 31 heavy (non-hydrogen) atoms. The third-order valence-electron chi connectivity index (χ3n) is 5.50. The molecule has 0 unspecified atom stereocenters. The quantitative estimate of drug-likeness (QED) is 0.732. The van der Waals surface area contributed by atoms with Crippen molar-refractivity contribution >= 4 is 27.5 Å². The molecule has 0 aromatic heterocycles. The molecule has 0 N–H and O–H groups in total. The fourth-order valence-electron chi connectivity index (χ4n) is 3.59. The first kappa shape index (κ1) is 21.0. The van der Waals surface area contributed by atoms with E-state index in [4.69, 9.17) is 0 Å². The van der Waals surface area contributed by atoms with Gasteiger partial charge in [-0.1, -0.05) is 29.8 Å². The summed E-state index contributed by atoms with van der Waals surface area (Å²) in [4.78, 5) is 16.9. The molecule has 1 amide bonds. The van der Waals surface area contributed by atoms with Crippen LogP contribution < -0.4 is 4.90 Å². The van der Waals surface area contributed by atoms with Crippen molar-refractivity contribution in [2.45, 2.75) is 6.92 Å². The lowest BCUT2D eigenvalue weighted by Crippen LogP contribution is -2.51. The zero-order valence-corrected chi connectivity index (χ0v) is 18.1. The van der Waals surface area contributed by atoms with Crippen molar-refractivity contribution in [1.82, 2.24) is 9.21 Å². The minimum atomic E-state index is -4.00. The van der Waals surface area contributed by atoms with E-state index >= 15 is 0 Å². The lowest BCUT2D eigenvalue weighted by atomic mass is 10.1. The first-order valence-electron chi connectivity index (χ1n) is 9.92. The smallest absolute Gasteiger partial charge is 0.345 e. The van der Waals surface area contributed by atoms with E-state index < -0.39 is 10.2 Å². The van der Waals surface area contributed by atoms with Crippen LogP contribution in [0.5, 0.6) is 0 Å². The van der Waals surface area contributed by atoms with E-state index in [0.717, 1.165) is 15.6 Å². The molecule has 2 aliphatic rings. The average molecular weight is 443 g/mol. The molecule has 9 heteroatoms. The van der Waals surface area contributed by atoms with Gasteiger partial charge in [-0.05, 0) is 37.3 Å². The molecule has 1 saturated heterocycles. The molecular formula is C22H23FN4O3S. The number of benzene rings is 2. The SMILES string of the molecule is Cc1ccc(C2=NS(=O)(=O)N(C)C(C(=O)N3CCN(c4ccc(F)cc4)CC3)=C2)cc1. The van der Waals surface area contributed by atoms with Gasteiger partial charge in [0.1, 0.15) is 11.5 Å². The van der Waals surface area contributed by atoms with Gasteiger partial charge in [0.05, 0.1) is 5.71 Å². The van der Waals surface area contributed by atoms with Crippen LogP contribution in [0.3, 0.4) is 0 Å². The maximum atomic E-state index is 13.2. The van der Waals surface area contributed by atoms with Gasteiger partial charge in [0.2, 0.25) is 0 Å². The Morgan fingerprint density at radius 2 is 1.58 bits per heavy atom. The number of hydrogen-bond acceptors (Lipinski definition) is 4. The maximum Gasteiger partial charge on any atom is 0.345 e. The van der Waals surface area contributed by atoms with Crippen LogP contribution in [0.25, 0.3) is 0 Å². The number of piperazine rings is 1. The van der Waals surface area contributed by atoms with Gasteiger partial charge >= 0.3 is 10.2 Å². The Morgan fingerprint density at radius 1 is 0.968 bits per heavy atom. The van der Waals surface area contributed by atoms with Crippen LogP contribution in [0.1, 0.15) is 11.1 Å². The number of halogens is 1. The largest absolute Gasteiger partial charge is 0.368 e. The second kappa shape index (κ2) is 8.14. The van der Waals surface area contributed by atoms with Crippen molar-refractivity contribution in [3.63, 3.8) is 0 Å². The van der Waals surface area contributed by atoms with Crippen molar-refractivity contribution in [3.05, 3.63) is 77.2 Å². The molecule has 162 valence electrons. The number of hydrogen-bond donors (Lipinski definition) is 0. The highest BCUT2D eigenvalue weighted by Gasteiger charge is 2.33. The number of carbonyl (C=O) groups is 1. The summed E-state index contributed by atoms with van der Waals surface area (Å²) in [6.07, 6.45) is 1.53. The lowest BCUT2D eigenvalue weighted by molar-refractivity contribution is -0.128.